The molecule has 500 valence electrons. The molecule has 1 N–H and O–H groups in total. The molecule has 2 aliphatic rings. The van der Waals surface area contributed by atoms with Gasteiger partial charge in [0.2, 0.25) is 5.91 Å². The zero-order chi connectivity index (χ0) is 67.0. The van der Waals surface area contributed by atoms with Crippen molar-refractivity contribution < 1.29 is 19.2 Å². The number of amides is 1. The zero-order valence-corrected chi connectivity index (χ0v) is 63.5. The number of carbonyl (C=O) groups is 4. The van der Waals surface area contributed by atoms with Crippen molar-refractivity contribution in [1.29, 1.82) is 0 Å². The molecule has 8 unspecified atom stereocenters. The fourth-order valence-electron chi connectivity index (χ4n) is 12.5. The average molecular weight is 1320 g/mol. The molecule has 0 aromatic heterocycles. The topological polar surface area (TPSA) is 83.6 Å². The molecule has 1 amide bonds. The summed E-state index contributed by atoms with van der Waals surface area (Å²) in [6.07, 6.45) is 26.2. The molecule has 3 aromatic carbocycles. The number of unbranched alkanes of at least 4 members (excludes halogenated alkanes) is 2. The number of aldehydes is 1. The number of carbonyl (C=O) groups excluding carboxylic acids is 4. The van der Waals surface area contributed by atoms with Gasteiger partial charge in [0.15, 0.2) is 5.78 Å². The van der Waals surface area contributed by atoms with E-state index in [1.807, 2.05) is 26.0 Å². The normalized spacial score (nSPS) is 16.0. The SMILES string of the molecule is C=C(C(C)CC)N(c1ccc(C(CCC)CCC(CC)CCCC)cc1C)c1cccc(Br)c1C(=O)C(C)CC.CC1CCCC1.CCC=O.CCCCC(C(=O)NCc1ccc(C(S/C=C(\C)CC)=C(C)C)cc1)C(CC)C(=O)C(C(C)(C)C)C1(P)CC1. The number of halogens is 1. The van der Waals surface area contributed by atoms with Gasteiger partial charge in [-0.15, -0.1) is 9.24 Å². The third-order valence-electron chi connectivity index (χ3n) is 19.0. The molecule has 2 saturated carbocycles. The fraction of sp³-hybridized carbons (Fsp3) is 0.650. The monoisotopic (exact) mass is 1320 g/mol. The van der Waals surface area contributed by atoms with E-state index in [0.29, 0.717) is 25.3 Å². The van der Waals surface area contributed by atoms with Gasteiger partial charge in [-0.2, -0.15) is 0 Å². The van der Waals surface area contributed by atoms with Crippen LogP contribution in [0.5, 0.6) is 0 Å². The maximum absolute atomic E-state index is 14.1. The summed E-state index contributed by atoms with van der Waals surface area (Å²) < 4.78 is 0.850. The Morgan fingerprint density at radius 3 is 1.85 bits per heavy atom. The van der Waals surface area contributed by atoms with Gasteiger partial charge in [0, 0.05) is 57.4 Å². The molecular formula is C80H128BrN2O4PS. The van der Waals surface area contributed by atoms with E-state index in [1.165, 1.54) is 110 Å². The van der Waals surface area contributed by atoms with Crippen LogP contribution >= 0.6 is 36.9 Å². The second kappa shape index (κ2) is 42.6. The zero-order valence-electron chi connectivity index (χ0n) is 60.0. The fourth-order valence-corrected chi connectivity index (χ4v) is 14.9. The summed E-state index contributed by atoms with van der Waals surface area (Å²) in [4.78, 5) is 54.0. The molecule has 0 saturated heterocycles. The predicted molar refractivity (Wildman–Crippen MR) is 399 cm³/mol. The van der Waals surface area contributed by atoms with E-state index >= 15 is 0 Å². The molecule has 9 heteroatoms. The molecule has 0 aliphatic heterocycles. The van der Waals surface area contributed by atoms with Gasteiger partial charge in [0.25, 0.3) is 0 Å². The largest absolute Gasteiger partial charge is 0.352 e. The number of ketones is 2. The number of Topliss-reactive ketones (excluding diaryl/α,β-unsaturated/α-hetero) is 2. The number of benzene rings is 3. The van der Waals surface area contributed by atoms with Crippen LogP contribution in [0.1, 0.15) is 304 Å². The van der Waals surface area contributed by atoms with Crippen LogP contribution in [0.3, 0.4) is 0 Å². The number of nitrogens with zero attached hydrogens (tertiary/aromatic N) is 1. The first kappa shape index (κ1) is 81.5. The summed E-state index contributed by atoms with van der Waals surface area (Å²) in [5.74, 6) is 2.65. The molecule has 0 heterocycles. The molecule has 2 fully saturated rings. The van der Waals surface area contributed by atoms with Gasteiger partial charge in [-0.1, -0.05) is 246 Å². The molecule has 2 aliphatic carbocycles. The van der Waals surface area contributed by atoms with Gasteiger partial charge >= 0.3 is 0 Å². The Balaban J connectivity index is 0.000000523. The minimum atomic E-state index is -0.277. The Hall–Kier alpha value is -3.58. The van der Waals surface area contributed by atoms with Crippen LogP contribution < -0.4 is 10.2 Å². The smallest absolute Gasteiger partial charge is 0.224 e. The van der Waals surface area contributed by atoms with E-state index in [2.05, 4.69) is 214 Å². The molecule has 89 heavy (non-hydrogen) atoms. The lowest BCUT2D eigenvalue weighted by Crippen LogP contribution is -2.45. The highest BCUT2D eigenvalue weighted by Crippen LogP contribution is 2.57. The van der Waals surface area contributed by atoms with Crippen LogP contribution in [0.15, 0.2) is 94.0 Å². The second-order valence-electron chi connectivity index (χ2n) is 27.8. The van der Waals surface area contributed by atoms with Crippen molar-refractivity contribution in [2.75, 3.05) is 4.90 Å². The van der Waals surface area contributed by atoms with E-state index in [-0.39, 0.29) is 57.6 Å². The van der Waals surface area contributed by atoms with Crippen LogP contribution in [0.4, 0.5) is 11.4 Å². The number of hydrogen-bond acceptors (Lipinski definition) is 6. The summed E-state index contributed by atoms with van der Waals surface area (Å²) in [5, 5.41) is 5.45. The highest BCUT2D eigenvalue weighted by molar-refractivity contribution is 9.10. The molecule has 8 atom stereocenters. The van der Waals surface area contributed by atoms with Crippen molar-refractivity contribution in [3.63, 3.8) is 0 Å². The molecular weight excluding hydrogens is 1200 g/mol. The first-order valence-electron chi connectivity index (χ1n) is 35.3. The van der Waals surface area contributed by atoms with Crippen molar-refractivity contribution in [1.82, 2.24) is 5.32 Å². The first-order valence-corrected chi connectivity index (χ1v) is 37.5. The molecule has 3 aromatic rings. The Morgan fingerprint density at radius 2 is 1.38 bits per heavy atom. The first-order chi connectivity index (χ1) is 42.2. The number of hydrogen-bond donors (Lipinski definition) is 1. The molecule has 5 rings (SSSR count). The van der Waals surface area contributed by atoms with Crippen LogP contribution in [-0.2, 0) is 20.9 Å². The van der Waals surface area contributed by atoms with Gasteiger partial charge < -0.3 is 15.0 Å². The molecule has 0 spiro atoms. The maximum Gasteiger partial charge on any atom is 0.224 e. The van der Waals surface area contributed by atoms with Crippen LogP contribution in [0.25, 0.3) is 4.91 Å². The lowest BCUT2D eigenvalue weighted by atomic mass is 9.68. The Kier molecular flexibility index (Phi) is 39.0. The van der Waals surface area contributed by atoms with Crippen molar-refractivity contribution in [3.05, 3.63) is 122 Å². The van der Waals surface area contributed by atoms with Crippen molar-refractivity contribution >= 4 is 77.0 Å². The van der Waals surface area contributed by atoms with Crippen molar-refractivity contribution in [3.8, 4) is 0 Å². The summed E-state index contributed by atoms with van der Waals surface area (Å²) in [6, 6.07) is 21.7. The number of thioether (sulfide) groups is 1. The van der Waals surface area contributed by atoms with E-state index in [0.717, 1.165) is 102 Å². The Bertz CT molecular complexity index is 2650. The highest BCUT2D eigenvalue weighted by Gasteiger charge is 2.55. The average Bonchev–Trinajstić information content (AvgIpc) is 1.89. The van der Waals surface area contributed by atoms with Crippen LogP contribution in [0, 0.1) is 53.8 Å². The predicted octanol–water partition coefficient (Wildman–Crippen LogP) is 24.9. The quantitative estimate of drug-likeness (QED) is 0.0364. The number of nitrogens with one attached hydrogen (secondary N) is 1. The van der Waals surface area contributed by atoms with E-state index in [1.54, 1.807) is 11.8 Å². The van der Waals surface area contributed by atoms with Gasteiger partial charge in [-0.3, -0.25) is 14.4 Å². The Morgan fingerprint density at radius 1 is 0.775 bits per heavy atom. The van der Waals surface area contributed by atoms with Crippen molar-refractivity contribution in [2.24, 2.45) is 46.8 Å². The van der Waals surface area contributed by atoms with Crippen LogP contribution in [-0.4, -0.2) is 28.9 Å². The van der Waals surface area contributed by atoms with E-state index < -0.39 is 0 Å². The van der Waals surface area contributed by atoms with Gasteiger partial charge in [-0.05, 0) is 188 Å². The standard InChI is InChI=1S/C37H56BrNO.C34H54NO2PS.C6H12.C3H6O/c1-10-15-18-30(14-5)21-22-31(17-11-2)32-23-24-34(28(8)25-32)39(29(9)26(6)12-3)35-20-16-19-33(38)36(35)37(40)27(7)13-4;1-10-13-14-28(27(12-3)29(36)31(33(7,8)9)34(38)19-20-34)32(37)35-21-25-15-17-26(18-16-25)30(23(4)5)39-22-24(6)11-2;1-6-4-2-3-5-6;1-2-3-4/h16,19-20,23-27,30-31H,9-15,17-18,21-22H2,1-8H3;15-18,22,27-28,31H,10-14,19-21,38H2,1-9H3,(H,35,37);6H,2-5H2,1H3;3H,2H2,1H3/b;24-22+;;. The highest BCUT2D eigenvalue weighted by atomic mass is 79.9. The minimum absolute atomic E-state index is 0.00371. The summed E-state index contributed by atoms with van der Waals surface area (Å²) in [5.41, 5.74) is 11.3. The molecule has 0 radical (unpaired) electrons. The molecule has 0 bridgehead atoms. The van der Waals surface area contributed by atoms with Gasteiger partial charge in [0.05, 0.1) is 11.3 Å². The maximum atomic E-state index is 14.1. The summed E-state index contributed by atoms with van der Waals surface area (Å²) in [7, 11) is 2.99. The lowest BCUT2D eigenvalue weighted by Gasteiger charge is -2.38. The Labute approximate surface area is 561 Å². The van der Waals surface area contributed by atoms with Gasteiger partial charge in [0.1, 0.15) is 12.1 Å². The number of rotatable bonds is 34. The second-order valence-corrected chi connectivity index (χ2v) is 30.7. The van der Waals surface area contributed by atoms with Crippen molar-refractivity contribution in [2.45, 2.75) is 290 Å². The van der Waals surface area contributed by atoms with Crippen LogP contribution in [0.2, 0.25) is 0 Å². The summed E-state index contributed by atoms with van der Waals surface area (Å²) in [6.45, 7) is 46.4. The summed E-state index contributed by atoms with van der Waals surface area (Å²) >= 11 is 5.51. The number of allylic oxidation sites excluding steroid dienone is 3. The lowest BCUT2D eigenvalue weighted by molar-refractivity contribution is -0.138. The third-order valence-corrected chi connectivity index (χ3v) is 21.9. The van der Waals surface area contributed by atoms with E-state index in [4.69, 9.17) is 0 Å². The minimum Gasteiger partial charge on any atom is -0.352 e. The number of aryl methyl sites for hydroxylation is 1. The molecule has 6 nitrogen and oxygen atoms in total. The number of anilines is 2. The third kappa shape index (κ3) is 26.7. The van der Waals surface area contributed by atoms with E-state index in [9.17, 15) is 19.2 Å². The van der Waals surface area contributed by atoms with Gasteiger partial charge in [-0.25, -0.2) is 0 Å².